The van der Waals surface area contributed by atoms with Crippen LogP contribution in [0.3, 0.4) is 0 Å². The van der Waals surface area contributed by atoms with Gasteiger partial charge in [0.05, 0.1) is 13.4 Å². The normalized spacial score (nSPS) is 11.3. The number of fused-ring (bicyclic) bond motifs is 3. The largest absolute Gasteiger partial charge is 0.497 e. The lowest BCUT2D eigenvalue weighted by molar-refractivity contribution is 0.190. The second kappa shape index (κ2) is 5.57. The minimum absolute atomic E-state index is 0.0636. The first-order chi connectivity index (χ1) is 10.2. The van der Waals surface area contributed by atoms with Gasteiger partial charge in [0.2, 0.25) is 0 Å². The average Bonchev–Trinajstić information content (AvgIpc) is 2.88. The molecule has 3 aromatic rings. The van der Waals surface area contributed by atoms with Crippen LogP contribution < -0.4 is 10.3 Å². The Balaban J connectivity index is 2.11. The van der Waals surface area contributed by atoms with Gasteiger partial charge in [-0.1, -0.05) is 0 Å². The maximum Gasteiger partial charge on any atom is 0.277 e. The van der Waals surface area contributed by atoms with Crippen LogP contribution in [0.25, 0.3) is 21.9 Å². The summed E-state index contributed by atoms with van der Waals surface area (Å²) in [5, 5.41) is 0.894. The molecule has 2 heterocycles. The minimum atomic E-state index is -0.0636. The number of nitrogens with zero attached hydrogens (tertiary/aromatic N) is 2. The van der Waals surface area contributed by atoms with Crippen LogP contribution >= 0.6 is 0 Å². The molecule has 21 heavy (non-hydrogen) atoms. The highest BCUT2D eigenvalue weighted by Gasteiger charge is 2.11. The number of methoxy groups -OCH3 is 2. The van der Waals surface area contributed by atoms with E-state index in [0.29, 0.717) is 24.2 Å². The van der Waals surface area contributed by atoms with E-state index in [2.05, 4.69) is 9.97 Å². The van der Waals surface area contributed by atoms with Crippen LogP contribution in [0.15, 0.2) is 29.3 Å². The van der Waals surface area contributed by atoms with E-state index in [1.807, 2.05) is 18.2 Å². The van der Waals surface area contributed by atoms with E-state index in [1.54, 1.807) is 25.1 Å². The number of benzene rings is 1. The first-order valence-electron chi connectivity index (χ1n) is 6.78. The van der Waals surface area contributed by atoms with Crippen molar-refractivity contribution in [3.63, 3.8) is 0 Å². The molecule has 0 unspecified atom stereocenters. The number of aryl methyl sites for hydroxylation is 1. The Morgan fingerprint density at radius 1 is 1.33 bits per heavy atom. The standard InChI is InChI=1S/C15H17N3O3/c1-20-7-3-6-18-9-16-13-11-8-10(21-2)4-5-12(11)17-14(13)15(18)19/h4-5,8-9,17H,3,6-7H2,1-2H3. The third-order valence-electron chi connectivity index (χ3n) is 3.53. The molecule has 0 aliphatic rings. The molecule has 6 heteroatoms. The van der Waals surface area contributed by atoms with Crippen LogP contribution in [0.2, 0.25) is 0 Å². The summed E-state index contributed by atoms with van der Waals surface area (Å²) in [6.45, 7) is 1.21. The number of H-pyrrole nitrogens is 1. The molecule has 0 fully saturated rings. The average molecular weight is 287 g/mol. The molecule has 0 aliphatic carbocycles. The van der Waals surface area contributed by atoms with Crippen molar-refractivity contribution in [2.24, 2.45) is 0 Å². The lowest BCUT2D eigenvalue weighted by Crippen LogP contribution is -2.21. The molecule has 2 aromatic heterocycles. The molecule has 1 aromatic carbocycles. The van der Waals surface area contributed by atoms with Gasteiger partial charge in [0, 0.05) is 31.2 Å². The Labute approximate surface area is 121 Å². The monoisotopic (exact) mass is 287 g/mol. The molecule has 0 saturated heterocycles. The summed E-state index contributed by atoms with van der Waals surface area (Å²) in [5.41, 5.74) is 2.02. The summed E-state index contributed by atoms with van der Waals surface area (Å²) in [7, 11) is 3.27. The fraction of sp³-hybridized carbons (Fsp3) is 0.333. The van der Waals surface area contributed by atoms with Crippen molar-refractivity contribution in [1.82, 2.24) is 14.5 Å². The Hall–Kier alpha value is -2.34. The zero-order chi connectivity index (χ0) is 14.8. The first-order valence-corrected chi connectivity index (χ1v) is 6.78. The van der Waals surface area contributed by atoms with Crippen LogP contribution in [-0.2, 0) is 11.3 Å². The summed E-state index contributed by atoms with van der Waals surface area (Å²) in [5.74, 6) is 0.745. The predicted molar refractivity (Wildman–Crippen MR) is 80.9 cm³/mol. The highest BCUT2D eigenvalue weighted by Crippen LogP contribution is 2.25. The quantitative estimate of drug-likeness (QED) is 0.728. The molecule has 0 spiro atoms. The van der Waals surface area contributed by atoms with Crippen molar-refractivity contribution in [3.8, 4) is 5.75 Å². The molecule has 0 aliphatic heterocycles. The number of hydrogen-bond donors (Lipinski definition) is 1. The van der Waals surface area contributed by atoms with E-state index >= 15 is 0 Å². The molecular weight excluding hydrogens is 270 g/mol. The van der Waals surface area contributed by atoms with Crippen LogP contribution in [0.4, 0.5) is 0 Å². The van der Waals surface area contributed by atoms with Crippen molar-refractivity contribution in [3.05, 3.63) is 34.9 Å². The zero-order valence-corrected chi connectivity index (χ0v) is 12.0. The van der Waals surface area contributed by atoms with Crippen molar-refractivity contribution in [2.45, 2.75) is 13.0 Å². The number of aromatic amines is 1. The van der Waals surface area contributed by atoms with Crippen LogP contribution in [0.1, 0.15) is 6.42 Å². The zero-order valence-electron chi connectivity index (χ0n) is 12.0. The van der Waals surface area contributed by atoms with E-state index in [4.69, 9.17) is 9.47 Å². The van der Waals surface area contributed by atoms with Gasteiger partial charge < -0.3 is 14.5 Å². The maximum atomic E-state index is 12.5. The Morgan fingerprint density at radius 2 is 2.19 bits per heavy atom. The minimum Gasteiger partial charge on any atom is -0.497 e. The molecule has 0 bridgehead atoms. The molecule has 0 atom stereocenters. The van der Waals surface area contributed by atoms with Gasteiger partial charge in [-0.15, -0.1) is 0 Å². The summed E-state index contributed by atoms with van der Waals surface area (Å²) in [4.78, 5) is 20.0. The van der Waals surface area contributed by atoms with E-state index in [1.165, 1.54) is 0 Å². The Kier molecular flexibility index (Phi) is 3.62. The van der Waals surface area contributed by atoms with E-state index < -0.39 is 0 Å². The number of ether oxygens (including phenoxy) is 2. The molecule has 0 radical (unpaired) electrons. The fourth-order valence-corrected chi connectivity index (χ4v) is 2.43. The van der Waals surface area contributed by atoms with Crippen molar-refractivity contribution >= 4 is 21.9 Å². The number of hydrogen-bond acceptors (Lipinski definition) is 4. The summed E-state index contributed by atoms with van der Waals surface area (Å²) < 4.78 is 11.8. The third-order valence-corrected chi connectivity index (χ3v) is 3.53. The van der Waals surface area contributed by atoms with Gasteiger partial charge in [0.1, 0.15) is 16.8 Å². The smallest absolute Gasteiger partial charge is 0.277 e. The van der Waals surface area contributed by atoms with Gasteiger partial charge in [-0.25, -0.2) is 4.98 Å². The van der Waals surface area contributed by atoms with E-state index in [9.17, 15) is 4.79 Å². The highest BCUT2D eigenvalue weighted by molar-refractivity contribution is 6.04. The number of nitrogens with one attached hydrogen (secondary N) is 1. The molecule has 3 rings (SSSR count). The topological polar surface area (TPSA) is 69.1 Å². The second-order valence-electron chi connectivity index (χ2n) is 4.85. The van der Waals surface area contributed by atoms with Gasteiger partial charge in [-0.3, -0.25) is 9.36 Å². The molecule has 110 valence electrons. The van der Waals surface area contributed by atoms with Gasteiger partial charge >= 0.3 is 0 Å². The summed E-state index contributed by atoms with van der Waals surface area (Å²) >= 11 is 0. The van der Waals surface area contributed by atoms with Crippen molar-refractivity contribution < 1.29 is 9.47 Å². The predicted octanol–water partition coefficient (Wildman–Crippen LogP) is 1.92. The van der Waals surface area contributed by atoms with Crippen molar-refractivity contribution in [1.29, 1.82) is 0 Å². The third kappa shape index (κ3) is 2.38. The van der Waals surface area contributed by atoms with Crippen molar-refractivity contribution in [2.75, 3.05) is 20.8 Å². The number of aromatic nitrogens is 3. The van der Waals surface area contributed by atoms with E-state index in [-0.39, 0.29) is 5.56 Å². The molecule has 6 nitrogen and oxygen atoms in total. The first kappa shape index (κ1) is 13.6. The van der Waals surface area contributed by atoms with Gasteiger partial charge in [0.15, 0.2) is 0 Å². The maximum absolute atomic E-state index is 12.5. The van der Waals surface area contributed by atoms with Crippen LogP contribution in [-0.4, -0.2) is 35.4 Å². The van der Waals surface area contributed by atoms with E-state index in [0.717, 1.165) is 23.1 Å². The summed E-state index contributed by atoms with van der Waals surface area (Å²) in [6, 6.07) is 5.63. The highest BCUT2D eigenvalue weighted by atomic mass is 16.5. The second-order valence-corrected chi connectivity index (χ2v) is 4.85. The molecule has 0 amide bonds. The van der Waals surface area contributed by atoms with Crippen LogP contribution in [0, 0.1) is 0 Å². The van der Waals surface area contributed by atoms with Crippen LogP contribution in [0.5, 0.6) is 5.75 Å². The lowest BCUT2D eigenvalue weighted by Gasteiger charge is -2.04. The summed E-state index contributed by atoms with van der Waals surface area (Å²) in [6.07, 6.45) is 2.37. The lowest BCUT2D eigenvalue weighted by atomic mass is 10.2. The van der Waals surface area contributed by atoms with Gasteiger partial charge in [0.25, 0.3) is 5.56 Å². The number of rotatable bonds is 5. The molecule has 1 N–H and O–H groups in total. The fourth-order valence-electron chi connectivity index (χ4n) is 2.43. The molecular formula is C15H17N3O3. The van der Waals surface area contributed by atoms with Gasteiger partial charge in [-0.2, -0.15) is 0 Å². The van der Waals surface area contributed by atoms with Gasteiger partial charge in [-0.05, 0) is 24.6 Å². The Morgan fingerprint density at radius 3 is 2.95 bits per heavy atom. The molecule has 0 saturated carbocycles. The SMILES string of the molecule is COCCCn1cnc2c([nH]c3ccc(OC)cc32)c1=O. The Bertz CT molecular complexity index is 835.